The molecule has 0 aromatic carbocycles. The van der Waals surface area contributed by atoms with Gasteiger partial charge in [-0.3, -0.25) is 0 Å². The molecule has 0 radical (unpaired) electrons. The average Bonchev–Trinajstić information content (AvgIpc) is 2.38. The lowest BCUT2D eigenvalue weighted by Gasteiger charge is -2.41. The Balaban J connectivity index is 2.65. The summed E-state index contributed by atoms with van der Waals surface area (Å²) in [6.07, 6.45) is 3.49. The number of urea groups is 1. The van der Waals surface area contributed by atoms with Crippen LogP contribution in [-0.4, -0.2) is 52.6 Å². The maximum Gasteiger partial charge on any atom is 0.326 e. The summed E-state index contributed by atoms with van der Waals surface area (Å²) in [5, 5.41) is 11.8. The smallest absolute Gasteiger partial charge is 0.326 e. The Labute approximate surface area is 125 Å². The number of piperidine rings is 1. The van der Waals surface area contributed by atoms with Gasteiger partial charge in [0, 0.05) is 12.6 Å². The minimum atomic E-state index is -0.960. The summed E-state index contributed by atoms with van der Waals surface area (Å²) in [5.74, 6) is 0.665. The van der Waals surface area contributed by atoms with Crippen LogP contribution in [0.2, 0.25) is 0 Å². The fourth-order valence-electron chi connectivity index (χ4n) is 2.71. The molecule has 2 amide bonds. The largest absolute Gasteiger partial charge is 0.480 e. The molecule has 0 bridgehead atoms. The quantitative estimate of drug-likeness (QED) is 0.817. The molecule has 116 valence electrons. The molecule has 1 heterocycles. The summed E-state index contributed by atoms with van der Waals surface area (Å²) < 4.78 is 0. The van der Waals surface area contributed by atoms with Crippen molar-refractivity contribution in [1.82, 2.24) is 10.2 Å². The zero-order valence-corrected chi connectivity index (χ0v) is 13.6. The van der Waals surface area contributed by atoms with Crippen molar-refractivity contribution in [2.75, 3.05) is 18.6 Å². The number of rotatable bonds is 5. The van der Waals surface area contributed by atoms with Crippen LogP contribution in [0.1, 0.15) is 33.6 Å². The Kier molecular flexibility index (Phi) is 6.65. The normalized spacial score (nSPS) is 28.0. The van der Waals surface area contributed by atoms with E-state index < -0.39 is 12.0 Å². The first kappa shape index (κ1) is 17.1. The minimum Gasteiger partial charge on any atom is -0.480 e. The molecular formula is C14H26N2O3S. The monoisotopic (exact) mass is 302 g/mol. The number of carboxylic acids is 1. The Morgan fingerprint density at radius 1 is 1.40 bits per heavy atom. The number of carboxylic acid groups (broad SMARTS) is 1. The Hall–Kier alpha value is -0.910. The number of thioether (sulfide) groups is 1. The maximum atomic E-state index is 12.3. The minimum absolute atomic E-state index is 0.154. The van der Waals surface area contributed by atoms with Crippen LogP contribution in [-0.2, 0) is 4.79 Å². The van der Waals surface area contributed by atoms with Crippen molar-refractivity contribution in [3.63, 3.8) is 0 Å². The van der Waals surface area contributed by atoms with E-state index >= 15 is 0 Å². The topological polar surface area (TPSA) is 69.6 Å². The standard InChI is InChI=1S/C14H26N2O3S/c1-9-7-10(2)11(3)16(8-9)14(19)15-12(13(17)18)5-6-20-4/h9-12H,5-8H2,1-4H3,(H,15,19)(H,17,18). The van der Waals surface area contributed by atoms with E-state index in [1.54, 1.807) is 16.7 Å². The summed E-state index contributed by atoms with van der Waals surface area (Å²) in [6.45, 7) is 7.01. The lowest BCUT2D eigenvalue weighted by atomic mass is 9.86. The zero-order valence-electron chi connectivity index (χ0n) is 12.8. The summed E-state index contributed by atoms with van der Waals surface area (Å²) in [4.78, 5) is 25.3. The number of likely N-dealkylation sites (tertiary alicyclic amines) is 1. The number of amides is 2. The number of nitrogens with one attached hydrogen (secondary N) is 1. The molecule has 1 rings (SSSR count). The van der Waals surface area contributed by atoms with Crippen molar-refractivity contribution >= 4 is 23.8 Å². The molecule has 6 heteroatoms. The molecule has 20 heavy (non-hydrogen) atoms. The summed E-state index contributed by atoms with van der Waals surface area (Å²) in [7, 11) is 0. The van der Waals surface area contributed by atoms with Gasteiger partial charge in [-0.1, -0.05) is 13.8 Å². The van der Waals surface area contributed by atoms with E-state index in [1.165, 1.54) is 0 Å². The lowest BCUT2D eigenvalue weighted by molar-refractivity contribution is -0.139. The Morgan fingerprint density at radius 3 is 2.60 bits per heavy atom. The third-order valence-electron chi connectivity index (χ3n) is 4.06. The van der Waals surface area contributed by atoms with E-state index in [1.807, 2.05) is 13.2 Å². The van der Waals surface area contributed by atoms with Gasteiger partial charge in [0.15, 0.2) is 0 Å². The molecule has 4 atom stereocenters. The second-order valence-electron chi connectivity index (χ2n) is 5.83. The van der Waals surface area contributed by atoms with Gasteiger partial charge < -0.3 is 15.3 Å². The third kappa shape index (κ3) is 4.58. The van der Waals surface area contributed by atoms with Gasteiger partial charge in [0.25, 0.3) is 0 Å². The molecule has 0 aromatic rings. The van der Waals surface area contributed by atoms with Crippen molar-refractivity contribution in [2.24, 2.45) is 11.8 Å². The van der Waals surface area contributed by atoms with Crippen LogP contribution in [0.15, 0.2) is 0 Å². The highest BCUT2D eigenvalue weighted by atomic mass is 32.2. The Morgan fingerprint density at radius 2 is 2.05 bits per heavy atom. The number of hydrogen-bond donors (Lipinski definition) is 2. The summed E-state index contributed by atoms with van der Waals surface area (Å²) >= 11 is 1.58. The summed E-state index contributed by atoms with van der Waals surface area (Å²) in [6, 6.07) is -0.889. The Bertz CT molecular complexity index is 351. The van der Waals surface area contributed by atoms with Gasteiger partial charge in [0.05, 0.1) is 0 Å². The SMILES string of the molecule is CSCCC(NC(=O)N1CC(C)CC(C)C1C)C(=O)O. The van der Waals surface area contributed by atoms with E-state index in [4.69, 9.17) is 0 Å². The number of aliphatic carboxylic acids is 1. The first-order chi connectivity index (χ1) is 9.36. The number of nitrogens with zero attached hydrogens (tertiary/aromatic N) is 1. The molecule has 1 saturated heterocycles. The van der Waals surface area contributed by atoms with Crippen molar-refractivity contribution in [1.29, 1.82) is 0 Å². The second kappa shape index (κ2) is 7.76. The molecule has 1 aliphatic rings. The maximum absolute atomic E-state index is 12.3. The first-order valence-corrected chi connectivity index (χ1v) is 8.55. The number of carbonyl (C=O) groups excluding carboxylic acids is 1. The molecule has 0 spiro atoms. The van der Waals surface area contributed by atoms with Crippen molar-refractivity contribution < 1.29 is 14.7 Å². The average molecular weight is 302 g/mol. The van der Waals surface area contributed by atoms with Gasteiger partial charge in [-0.15, -0.1) is 0 Å². The van der Waals surface area contributed by atoms with Crippen LogP contribution in [0.3, 0.4) is 0 Å². The molecular weight excluding hydrogens is 276 g/mol. The van der Waals surface area contributed by atoms with Crippen LogP contribution < -0.4 is 5.32 Å². The van der Waals surface area contributed by atoms with Crippen LogP contribution in [0.4, 0.5) is 4.79 Å². The van der Waals surface area contributed by atoms with Gasteiger partial charge in [0.1, 0.15) is 6.04 Å². The zero-order chi connectivity index (χ0) is 15.3. The van der Waals surface area contributed by atoms with E-state index in [-0.39, 0.29) is 12.1 Å². The molecule has 2 N–H and O–H groups in total. The van der Waals surface area contributed by atoms with Gasteiger partial charge in [-0.25, -0.2) is 9.59 Å². The number of carbonyl (C=O) groups is 2. The predicted octanol–water partition coefficient (Wildman–Crippen LogP) is 2.27. The van der Waals surface area contributed by atoms with E-state index in [0.29, 0.717) is 24.8 Å². The second-order valence-corrected chi connectivity index (χ2v) is 6.82. The van der Waals surface area contributed by atoms with Crippen LogP contribution in [0.5, 0.6) is 0 Å². The molecule has 5 nitrogen and oxygen atoms in total. The van der Waals surface area contributed by atoms with E-state index in [2.05, 4.69) is 19.2 Å². The fourth-order valence-corrected chi connectivity index (χ4v) is 3.18. The number of hydrogen-bond acceptors (Lipinski definition) is 3. The lowest BCUT2D eigenvalue weighted by Crippen LogP contribution is -2.55. The first-order valence-electron chi connectivity index (χ1n) is 7.15. The third-order valence-corrected chi connectivity index (χ3v) is 4.71. The van der Waals surface area contributed by atoms with Gasteiger partial charge >= 0.3 is 12.0 Å². The van der Waals surface area contributed by atoms with Crippen molar-refractivity contribution in [2.45, 2.75) is 45.7 Å². The van der Waals surface area contributed by atoms with Crippen LogP contribution in [0, 0.1) is 11.8 Å². The van der Waals surface area contributed by atoms with Gasteiger partial charge in [-0.2, -0.15) is 11.8 Å². The molecule has 0 saturated carbocycles. The fraction of sp³-hybridized carbons (Fsp3) is 0.857. The molecule has 1 aliphatic heterocycles. The molecule has 4 unspecified atom stereocenters. The van der Waals surface area contributed by atoms with E-state index in [0.717, 1.165) is 12.2 Å². The highest BCUT2D eigenvalue weighted by Crippen LogP contribution is 2.26. The van der Waals surface area contributed by atoms with Crippen LogP contribution in [0.25, 0.3) is 0 Å². The van der Waals surface area contributed by atoms with Gasteiger partial charge in [0.2, 0.25) is 0 Å². The molecule has 0 aromatic heterocycles. The van der Waals surface area contributed by atoms with Gasteiger partial charge in [-0.05, 0) is 43.6 Å². The predicted molar refractivity (Wildman–Crippen MR) is 82.1 cm³/mol. The highest BCUT2D eigenvalue weighted by Gasteiger charge is 2.33. The van der Waals surface area contributed by atoms with Crippen LogP contribution >= 0.6 is 11.8 Å². The van der Waals surface area contributed by atoms with E-state index in [9.17, 15) is 14.7 Å². The summed E-state index contributed by atoms with van der Waals surface area (Å²) in [5.41, 5.74) is 0. The van der Waals surface area contributed by atoms with Crippen molar-refractivity contribution in [3.8, 4) is 0 Å². The highest BCUT2D eigenvalue weighted by molar-refractivity contribution is 7.98. The molecule has 0 aliphatic carbocycles. The van der Waals surface area contributed by atoms with Crippen molar-refractivity contribution in [3.05, 3.63) is 0 Å². The molecule has 1 fully saturated rings.